The van der Waals surface area contributed by atoms with Gasteiger partial charge in [-0.3, -0.25) is 4.79 Å². The topological polar surface area (TPSA) is 67.9 Å². The lowest BCUT2D eigenvalue weighted by molar-refractivity contribution is -0.139. The maximum absolute atomic E-state index is 12.8. The standard InChI is InChI=1S/C30H36N6O/c1-21(2)35-10-8-25(19-35)23-3-5-24(6-4-23)27-17-29-28(7-9-32-36(29)20-27)33-11-13-34(14-12-33)30(37)26-15-22(16-26)18-31/h3-7,9,17,20-22,25-26H,8,10-16,19H2,1-2H3/t22-,25-,26-/m1/s1. The number of amides is 1. The van der Waals surface area contributed by atoms with Gasteiger partial charge < -0.3 is 14.7 Å². The van der Waals surface area contributed by atoms with Crippen molar-refractivity contribution in [1.82, 2.24) is 19.4 Å². The van der Waals surface area contributed by atoms with Crippen molar-refractivity contribution in [2.24, 2.45) is 11.8 Å². The summed E-state index contributed by atoms with van der Waals surface area (Å²) in [5, 5.41) is 13.6. The van der Waals surface area contributed by atoms with Crippen molar-refractivity contribution in [3.63, 3.8) is 0 Å². The highest BCUT2D eigenvalue weighted by atomic mass is 16.2. The first-order valence-electron chi connectivity index (χ1n) is 13.8. The Labute approximate surface area is 219 Å². The Morgan fingerprint density at radius 2 is 1.78 bits per heavy atom. The molecular formula is C30H36N6O. The molecule has 0 unspecified atom stereocenters. The van der Waals surface area contributed by atoms with Gasteiger partial charge in [-0.2, -0.15) is 10.4 Å². The molecule has 7 heteroatoms. The van der Waals surface area contributed by atoms with Gasteiger partial charge in [0.2, 0.25) is 5.91 Å². The number of hydrogen-bond acceptors (Lipinski definition) is 5. The molecule has 2 saturated heterocycles. The van der Waals surface area contributed by atoms with Gasteiger partial charge in [-0.05, 0) is 68.8 Å². The highest BCUT2D eigenvalue weighted by Crippen LogP contribution is 2.35. The van der Waals surface area contributed by atoms with Gasteiger partial charge in [0.1, 0.15) is 0 Å². The Morgan fingerprint density at radius 3 is 2.46 bits per heavy atom. The Balaban J connectivity index is 1.14. The van der Waals surface area contributed by atoms with Gasteiger partial charge in [0.15, 0.2) is 0 Å². The molecule has 3 aromatic rings. The number of aromatic nitrogens is 2. The number of benzene rings is 1. The maximum atomic E-state index is 12.8. The van der Waals surface area contributed by atoms with Crippen molar-refractivity contribution >= 4 is 17.1 Å². The van der Waals surface area contributed by atoms with Gasteiger partial charge >= 0.3 is 0 Å². The molecule has 0 bridgehead atoms. The lowest BCUT2D eigenvalue weighted by Gasteiger charge is -2.40. The van der Waals surface area contributed by atoms with E-state index < -0.39 is 0 Å². The van der Waals surface area contributed by atoms with E-state index in [-0.39, 0.29) is 17.7 Å². The summed E-state index contributed by atoms with van der Waals surface area (Å²) >= 11 is 0. The number of rotatable bonds is 5. The molecule has 1 aromatic carbocycles. The van der Waals surface area contributed by atoms with E-state index in [4.69, 9.17) is 5.26 Å². The largest absolute Gasteiger partial charge is 0.366 e. The third-order valence-electron chi connectivity index (χ3n) is 8.75. The van der Waals surface area contributed by atoms with Crippen molar-refractivity contribution < 1.29 is 4.79 Å². The first-order valence-corrected chi connectivity index (χ1v) is 13.8. The summed E-state index contributed by atoms with van der Waals surface area (Å²) in [6.07, 6.45) is 6.67. The maximum Gasteiger partial charge on any atom is 0.225 e. The lowest BCUT2D eigenvalue weighted by atomic mass is 9.75. The average molecular weight is 497 g/mol. The molecule has 6 rings (SSSR count). The molecule has 3 aliphatic rings. The lowest BCUT2D eigenvalue weighted by Crippen LogP contribution is -2.52. The molecule has 192 valence electrons. The van der Waals surface area contributed by atoms with Gasteiger partial charge in [-0.15, -0.1) is 0 Å². The van der Waals surface area contributed by atoms with Gasteiger partial charge in [0, 0.05) is 68.6 Å². The number of carbonyl (C=O) groups is 1. The van der Waals surface area contributed by atoms with Crippen LogP contribution in [-0.2, 0) is 4.79 Å². The van der Waals surface area contributed by atoms with Crippen LogP contribution in [0.1, 0.15) is 44.6 Å². The van der Waals surface area contributed by atoms with E-state index in [1.54, 1.807) is 0 Å². The van der Waals surface area contributed by atoms with E-state index in [0.717, 1.165) is 56.8 Å². The third-order valence-corrected chi connectivity index (χ3v) is 8.75. The second-order valence-corrected chi connectivity index (χ2v) is 11.3. The van der Waals surface area contributed by atoms with Crippen molar-refractivity contribution in [3.8, 4) is 17.2 Å². The number of carbonyl (C=O) groups excluding carboxylic acids is 1. The summed E-state index contributed by atoms with van der Waals surface area (Å²) in [5.74, 6) is 0.971. The van der Waals surface area contributed by atoms with Crippen LogP contribution >= 0.6 is 0 Å². The van der Waals surface area contributed by atoms with Gasteiger partial charge in [0.25, 0.3) is 0 Å². The van der Waals surface area contributed by atoms with Crippen LogP contribution in [0.4, 0.5) is 5.69 Å². The van der Waals surface area contributed by atoms with E-state index >= 15 is 0 Å². The predicted molar refractivity (Wildman–Crippen MR) is 145 cm³/mol. The average Bonchev–Trinajstić information content (AvgIpc) is 3.56. The minimum absolute atomic E-state index is 0.0474. The number of likely N-dealkylation sites (tertiary alicyclic amines) is 1. The summed E-state index contributed by atoms with van der Waals surface area (Å²) in [4.78, 5) is 19.7. The fourth-order valence-corrected chi connectivity index (χ4v) is 6.25. The van der Waals surface area contributed by atoms with E-state index in [1.807, 2.05) is 15.6 Å². The number of piperazine rings is 1. The molecule has 1 aliphatic carbocycles. The second-order valence-electron chi connectivity index (χ2n) is 11.3. The second kappa shape index (κ2) is 9.83. The quantitative estimate of drug-likeness (QED) is 0.524. The van der Waals surface area contributed by atoms with Crippen LogP contribution < -0.4 is 4.90 Å². The molecule has 3 fully saturated rings. The molecule has 7 nitrogen and oxygen atoms in total. The highest BCUT2D eigenvalue weighted by Gasteiger charge is 2.37. The van der Waals surface area contributed by atoms with Crippen molar-refractivity contribution in [2.75, 3.05) is 44.2 Å². The molecule has 1 amide bonds. The molecule has 4 heterocycles. The Morgan fingerprint density at radius 1 is 1.03 bits per heavy atom. The summed E-state index contributed by atoms with van der Waals surface area (Å²) in [6, 6.07) is 16.3. The number of anilines is 1. The van der Waals surface area contributed by atoms with Crippen molar-refractivity contribution in [1.29, 1.82) is 5.26 Å². The van der Waals surface area contributed by atoms with E-state index in [9.17, 15) is 4.79 Å². The fraction of sp³-hybridized carbons (Fsp3) is 0.500. The monoisotopic (exact) mass is 496 g/mol. The van der Waals surface area contributed by atoms with Crippen molar-refractivity contribution in [3.05, 3.63) is 54.4 Å². The van der Waals surface area contributed by atoms with E-state index in [0.29, 0.717) is 12.0 Å². The van der Waals surface area contributed by atoms with Gasteiger partial charge in [-0.1, -0.05) is 24.3 Å². The van der Waals surface area contributed by atoms with E-state index in [2.05, 4.69) is 77.4 Å². The summed E-state index contributed by atoms with van der Waals surface area (Å²) in [7, 11) is 0. The Bertz CT molecular complexity index is 1310. The Kier molecular flexibility index (Phi) is 6.37. The zero-order valence-electron chi connectivity index (χ0n) is 21.9. The Hall–Kier alpha value is -3.37. The first-order chi connectivity index (χ1) is 18.0. The molecular weight excluding hydrogens is 460 g/mol. The molecule has 2 aliphatic heterocycles. The molecule has 37 heavy (non-hydrogen) atoms. The predicted octanol–water partition coefficient (Wildman–Crippen LogP) is 4.40. The van der Waals surface area contributed by atoms with Crippen LogP contribution in [0.3, 0.4) is 0 Å². The smallest absolute Gasteiger partial charge is 0.225 e. The first kappa shape index (κ1) is 24.0. The number of nitrogens with zero attached hydrogens (tertiary/aromatic N) is 6. The highest BCUT2D eigenvalue weighted by molar-refractivity contribution is 5.82. The summed E-state index contributed by atoms with van der Waals surface area (Å²) in [5.41, 5.74) is 6.09. The zero-order chi connectivity index (χ0) is 25.5. The molecule has 0 N–H and O–H groups in total. The minimum Gasteiger partial charge on any atom is -0.366 e. The zero-order valence-corrected chi connectivity index (χ0v) is 21.9. The van der Waals surface area contributed by atoms with Crippen LogP contribution in [0, 0.1) is 23.2 Å². The van der Waals surface area contributed by atoms with Crippen LogP contribution in [0.2, 0.25) is 0 Å². The molecule has 1 atom stereocenters. The fourth-order valence-electron chi connectivity index (χ4n) is 6.25. The van der Waals surface area contributed by atoms with Crippen LogP contribution in [0.5, 0.6) is 0 Å². The number of nitriles is 1. The van der Waals surface area contributed by atoms with Crippen LogP contribution in [0.15, 0.2) is 48.8 Å². The molecule has 1 saturated carbocycles. The SMILES string of the molecule is CC(C)N1CC[C@@H](c2ccc(-c3cc4c(N5CCN(C(=O)[C@H]6C[C@H](C#N)C6)CC5)ccnn4c3)cc2)C1. The van der Waals surface area contributed by atoms with Crippen molar-refractivity contribution in [2.45, 2.75) is 45.1 Å². The summed E-state index contributed by atoms with van der Waals surface area (Å²) in [6.45, 7) is 9.98. The minimum atomic E-state index is 0.0474. The molecule has 0 spiro atoms. The molecule has 2 aromatic heterocycles. The van der Waals surface area contributed by atoms with E-state index in [1.165, 1.54) is 29.7 Å². The van der Waals surface area contributed by atoms with Crippen LogP contribution in [-0.4, -0.2) is 70.6 Å². The third kappa shape index (κ3) is 4.59. The number of fused-ring (bicyclic) bond motifs is 1. The van der Waals surface area contributed by atoms with Crippen LogP contribution in [0.25, 0.3) is 16.6 Å². The van der Waals surface area contributed by atoms with Gasteiger partial charge in [0.05, 0.1) is 17.3 Å². The summed E-state index contributed by atoms with van der Waals surface area (Å²) < 4.78 is 1.98. The van der Waals surface area contributed by atoms with Gasteiger partial charge in [-0.25, -0.2) is 4.52 Å². The molecule has 0 radical (unpaired) electrons. The normalized spacial score (nSPS) is 24.4. The number of hydrogen-bond donors (Lipinski definition) is 0.